The van der Waals surface area contributed by atoms with Crippen LogP contribution in [-0.2, 0) is 4.84 Å². The first-order chi connectivity index (χ1) is 11.8. The van der Waals surface area contributed by atoms with E-state index in [9.17, 15) is 9.59 Å². The summed E-state index contributed by atoms with van der Waals surface area (Å²) in [6, 6.07) is 7.84. The third-order valence-corrected chi connectivity index (χ3v) is 4.33. The molecule has 0 atom stereocenters. The fourth-order valence-electron chi connectivity index (χ4n) is 2.23. The summed E-state index contributed by atoms with van der Waals surface area (Å²) in [7, 11) is 0. The van der Waals surface area contributed by atoms with Crippen LogP contribution < -0.4 is 11.0 Å². The van der Waals surface area contributed by atoms with E-state index >= 15 is 0 Å². The van der Waals surface area contributed by atoms with E-state index in [0.717, 1.165) is 11.1 Å². The van der Waals surface area contributed by atoms with Crippen molar-refractivity contribution in [3.63, 3.8) is 0 Å². The molecule has 0 aliphatic heterocycles. The average molecular weight is 357 g/mol. The maximum absolute atomic E-state index is 12.8. The Balaban J connectivity index is 2.04. The predicted molar refractivity (Wildman–Crippen MR) is 97.8 cm³/mol. The van der Waals surface area contributed by atoms with Crippen molar-refractivity contribution in [2.24, 2.45) is 0 Å². The monoisotopic (exact) mass is 357 g/mol. The second kappa shape index (κ2) is 6.42. The number of aryl methyl sites for hydroxylation is 1. The van der Waals surface area contributed by atoms with Gasteiger partial charge in [-0.05, 0) is 33.3 Å². The van der Waals surface area contributed by atoms with Gasteiger partial charge in [0.25, 0.3) is 11.5 Å². The van der Waals surface area contributed by atoms with E-state index in [4.69, 9.17) is 4.84 Å². The third-order valence-electron chi connectivity index (χ3n) is 3.49. The van der Waals surface area contributed by atoms with Crippen LogP contribution >= 0.6 is 11.3 Å². The third kappa shape index (κ3) is 3.62. The highest BCUT2D eigenvalue weighted by Crippen LogP contribution is 2.24. The minimum absolute atomic E-state index is 0.0616. The van der Waals surface area contributed by atoms with Gasteiger partial charge in [0.05, 0.1) is 11.3 Å². The van der Waals surface area contributed by atoms with Crippen molar-refractivity contribution >= 4 is 22.2 Å². The second-order valence-electron chi connectivity index (χ2n) is 6.73. The number of carbonyl (C=O) groups excluding carboxylic acids is 1. The summed E-state index contributed by atoms with van der Waals surface area (Å²) in [5.41, 5.74) is 4.01. The molecule has 2 aromatic heterocycles. The Hall–Kier alpha value is -2.51. The molecular formula is C18H19N3O3S. The van der Waals surface area contributed by atoms with E-state index in [1.807, 2.05) is 36.6 Å². The minimum Gasteiger partial charge on any atom is -0.268 e. The summed E-state index contributed by atoms with van der Waals surface area (Å²) in [5, 5.41) is 1.86. The molecule has 3 aromatic rings. The topological polar surface area (TPSA) is 72.7 Å². The molecular weight excluding hydrogens is 338 g/mol. The minimum atomic E-state index is -0.608. The number of benzene rings is 1. The molecule has 3 rings (SSSR count). The van der Waals surface area contributed by atoms with Gasteiger partial charge in [0, 0.05) is 11.6 Å². The molecule has 0 unspecified atom stereocenters. The summed E-state index contributed by atoms with van der Waals surface area (Å²) in [4.78, 5) is 35.1. The number of aromatic nitrogens is 2. The van der Waals surface area contributed by atoms with Gasteiger partial charge < -0.3 is 0 Å². The van der Waals surface area contributed by atoms with Gasteiger partial charge in [-0.15, -0.1) is 11.3 Å². The van der Waals surface area contributed by atoms with Gasteiger partial charge >= 0.3 is 0 Å². The smallest absolute Gasteiger partial charge is 0.268 e. The van der Waals surface area contributed by atoms with Crippen LogP contribution in [0.2, 0.25) is 0 Å². The van der Waals surface area contributed by atoms with E-state index in [2.05, 4.69) is 10.5 Å². The maximum atomic E-state index is 12.8. The molecule has 0 spiro atoms. The lowest BCUT2D eigenvalue weighted by Gasteiger charge is -2.18. The molecule has 25 heavy (non-hydrogen) atoms. The summed E-state index contributed by atoms with van der Waals surface area (Å²) in [6.07, 6.45) is 1.29. The van der Waals surface area contributed by atoms with E-state index in [-0.39, 0.29) is 5.56 Å². The Bertz CT molecular complexity index is 981. The Labute approximate surface area is 149 Å². The highest BCUT2D eigenvalue weighted by atomic mass is 32.1. The molecule has 1 amide bonds. The number of hydrogen-bond acceptors (Lipinski definition) is 5. The van der Waals surface area contributed by atoms with Crippen molar-refractivity contribution in [1.29, 1.82) is 0 Å². The predicted octanol–water partition coefficient (Wildman–Crippen LogP) is 3.19. The Kier molecular flexibility index (Phi) is 4.45. The Morgan fingerprint density at radius 2 is 1.92 bits per heavy atom. The van der Waals surface area contributed by atoms with Gasteiger partial charge in [-0.1, -0.05) is 29.8 Å². The fraction of sp³-hybridized carbons (Fsp3) is 0.278. The van der Waals surface area contributed by atoms with Crippen molar-refractivity contribution in [2.75, 3.05) is 0 Å². The van der Waals surface area contributed by atoms with Crippen LogP contribution in [0, 0.1) is 6.92 Å². The lowest BCUT2D eigenvalue weighted by Crippen LogP contribution is -2.36. The molecule has 1 aromatic carbocycles. The van der Waals surface area contributed by atoms with Crippen LogP contribution in [0.3, 0.4) is 0 Å². The highest BCUT2D eigenvalue weighted by molar-refractivity contribution is 7.15. The van der Waals surface area contributed by atoms with Crippen molar-refractivity contribution in [3.05, 3.63) is 57.3 Å². The quantitative estimate of drug-likeness (QED) is 0.731. The van der Waals surface area contributed by atoms with Gasteiger partial charge in [0.2, 0.25) is 0 Å². The zero-order chi connectivity index (χ0) is 18.2. The first-order valence-corrected chi connectivity index (χ1v) is 8.69. The van der Waals surface area contributed by atoms with Crippen LogP contribution in [0.15, 0.2) is 40.6 Å². The molecule has 0 saturated heterocycles. The molecule has 0 saturated carbocycles. The molecule has 0 aliphatic carbocycles. The molecule has 6 nitrogen and oxygen atoms in total. The van der Waals surface area contributed by atoms with E-state index in [1.54, 1.807) is 20.8 Å². The largest absolute Gasteiger partial charge is 0.282 e. The number of hydroxylamine groups is 1. The maximum Gasteiger partial charge on any atom is 0.282 e. The molecule has 0 bridgehead atoms. The van der Waals surface area contributed by atoms with Crippen molar-refractivity contribution in [1.82, 2.24) is 14.9 Å². The Morgan fingerprint density at radius 3 is 2.56 bits per heavy atom. The number of nitrogens with one attached hydrogen (secondary N) is 1. The molecule has 7 heteroatoms. The molecule has 1 N–H and O–H groups in total. The SMILES string of the molecule is Cc1ccc(-c2csc3ncc(C(=O)NOC(C)(C)C)c(=O)n23)cc1. The standard InChI is InChI=1S/C18H19N3O3S/c1-11-5-7-12(8-6-11)14-10-25-17-19-9-13(16(23)21(14)17)15(22)20-24-18(2,3)4/h5-10H,1-4H3,(H,20,22). The van der Waals surface area contributed by atoms with Crippen molar-refractivity contribution in [3.8, 4) is 11.3 Å². The number of fused-ring (bicyclic) bond motifs is 1. The molecule has 130 valence electrons. The molecule has 0 radical (unpaired) electrons. The number of rotatable bonds is 3. The van der Waals surface area contributed by atoms with Crippen LogP contribution in [0.4, 0.5) is 0 Å². The number of hydrogen-bond donors (Lipinski definition) is 1. The van der Waals surface area contributed by atoms with Crippen LogP contribution in [0.5, 0.6) is 0 Å². The van der Waals surface area contributed by atoms with Crippen molar-refractivity contribution < 1.29 is 9.63 Å². The average Bonchev–Trinajstić information content (AvgIpc) is 2.98. The fourth-order valence-corrected chi connectivity index (χ4v) is 3.09. The number of nitrogens with zero attached hydrogens (tertiary/aromatic N) is 2. The summed E-state index contributed by atoms with van der Waals surface area (Å²) >= 11 is 1.35. The molecule has 2 heterocycles. The van der Waals surface area contributed by atoms with E-state index in [1.165, 1.54) is 21.9 Å². The van der Waals surface area contributed by atoms with Gasteiger partial charge in [0.15, 0.2) is 4.96 Å². The van der Waals surface area contributed by atoms with E-state index in [0.29, 0.717) is 10.7 Å². The normalized spacial score (nSPS) is 11.7. The van der Waals surface area contributed by atoms with Gasteiger partial charge in [-0.25, -0.2) is 10.5 Å². The number of carbonyl (C=O) groups is 1. The zero-order valence-corrected chi connectivity index (χ0v) is 15.3. The second-order valence-corrected chi connectivity index (χ2v) is 7.56. The first-order valence-electron chi connectivity index (χ1n) is 7.81. The molecule has 0 aliphatic rings. The van der Waals surface area contributed by atoms with Gasteiger partial charge in [-0.3, -0.25) is 18.8 Å². The van der Waals surface area contributed by atoms with Crippen molar-refractivity contribution in [2.45, 2.75) is 33.3 Å². The molecule has 0 fully saturated rings. The van der Waals surface area contributed by atoms with E-state index < -0.39 is 17.1 Å². The number of amides is 1. The van der Waals surface area contributed by atoms with Gasteiger partial charge in [-0.2, -0.15) is 0 Å². The van der Waals surface area contributed by atoms with Crippen LogP contribution in [0.25, 0.3) is 16.2 Å². The Morgan fingerprint density at radius 1 is 1.24 bits per heavy atom. The van der Waals surface area contributed by atoms with Crippen LogP contribution in [0.1, 0.15) is 36.7 Å². The first kappa shape index (κ1) is 17.3. The highest BCUT2D eigenvalue weighted by Gasteiger charge is 2.19. The number of thiazole rings is 1. The summed E-state index contributed by atoms with van der Waals surface area (Å²) in [6.45, 7) is 7.41. The lowest BCUT2D eigenvalue weighted by atomic mass is 10.1. The lowest BCUT2D eigenvalue weighted by molar-refractivity contribution is -0.0590. The zero-order valence-electron chi connectivity index (χ0n) is 14.5. The van der Waals surface area contributed by atoms with Crippen LogP contribution in [-0.4, -0.2) is 20.9 Å². The van der Waals surface area contributed by atoms with Gasteiger partial charge in [0.1, 0.15) is 5.56 Å². The summed E-state index contributed by atoms with van der Waals surface area (Å²) in [5.74, 6) is -0.608. The summed E-state index contributed by atoms with van der Waals surface area (Å²) < 4.78 is 1.46.